The Morgan fingerprint density at radius 1 is 0.900 bits per heavy atom. The molecule has 0 aliphatic heterocycles. The van der Waals surface area contributed by atoms with Gasteiger partial charge in [0.1, 0.15) is 0 Å². The van der Waals surface area contributed by atoms with E-state index in [2.05, 4.69) is 40.7 Å². The molecule has 1 aliphatic carbocycles. The van der Waals surface area contributed by atoms with Crippen LogP contribution >= 0.6 is 11.8 Å². The normalized spacial score (nSPS) is 14.8. The molecule has 2 heterocycles. The van der Waals surface area contributed by atoms with Gasteiger partial charge >= 0.3 is 0 Å². The van der Waals surface area contributed by atoms with Crippen molar-refractivity contribution in [3.63, 3.8) is 0 Å². The van der Waals surface area contributed by atoms with Crippen molar-refractivity contribution in [2.75, 3.05) is 0 Å². The standard InChI is InChI=1S/C24H24N4OS/c1-4-10-18(11-5-1)22-20(16-28(27-22)21-14-8-3-9-15-21)17-30-24-26-25-23(29-24)19-12-6-2-7-13-19/h1,3-5,8-11,14-16,19H,2,6-7,12-13,17H2. The summed E-state index contributed by atoms with van der Waals surface area (Å²) in [5.74, 6) is 1.96. The van der Waals surface area contributed by atoms with Crippen molar-refractivity contribution in [2.45, 2.75) is 49.0 Å². The van der Waals surface area contributed by atoms with Crippen molar-refractivity contribution in [3.05, 3.63) is 78.3 Å². The molecule has 0 amide bonds. The maximum absolute atomic E-state index is 6.00. The minimum atomic E-state index is 0.432. The van der Waals surface area contributed by atoms with Gasteiger partial charge in [0.2, 0.25) is 5.89 Å². The van der Waals surface area contributed by atoms with E-state index in [-0.39, 0.29) is 0 Å². The van der Waals surface area contributed by atoms with Gasteiger partial charge < -0.3 is 4.42 Å². The van der Waals surface area contributed by atoms with E-state index in [1.54, 1.807) is 11.8 Å². The molecule has 30 heavy (non-hydrogen) atoms. The van der Waals surface area contributed by atoms with Gasteiger partial charge in [0, 0.05) is 29.0 Å². The fraction of sp³-hybridized carbons (Fsp3) is 0.292. The number of benzene rings is 2. The second kappa shape index (κ2) is 8.88. The fourth-order valence-corrected chi connectivity index (χ4v) is 4.73. The van der Waals surface area contributed by atoms with Crippen molar-refractivity contribution in [2.24, 2.45) is 0 Å². The maximum atomic E-state index is 6.00. The predicted molar refractivity (Wildman–Crippen MR) is 119 cm³/mol. The van der Waals surface area contributed by atoms with Crippen LogP contribution in [0.15, 0.2) is 76.5 Å². The summed E-state index contributed by atoms with van der Waals surface area (Å²) in [6, 6.07) is 20.5. The Hall–Kier alpha value is -2.86. The van der Waals surface area contributed by atoms with Crippen LogP contribution in [-0.4, -0.2) is 20.0 Å². The molecule has 4 aromatic rings. The topological polar surface area (TPSA) is 56.7 Å². The van der Waals surface area contributed by atoms with E-state index < -0.39 is 0 Å². The van der Waals surface area contributed by atoms with Gasteiger partial charge in [-0.15, -0.1) is 10.2 Å². The number of hydrogen-bond acceptors (Lipinski definition) is 5. The Morgan fingerprint density at radius 3 is 2.40 bits per heavy atom. The highest BCUT2D eigenvalue weighted by Gasteiger charge is 2.22. The van der Waals surface area contributed by atoms with E-state index in [0.717, 1.165) is 47.0 Å². The SMILES string of the molecule is c1ccc(-c2nn(-c3ccccc3)cc2CSc2nnc(C3CCCCC3)o2)cc1. The van der Waals surface area contributed by atoms with Gasteiger partial charge in [-0.25, -0.2) is 4.68 Å². The van der Waals surface area contributed by atoms with Crippen LogP contribution in [0.25, 0.3) is 16.9 Å². The molecular weight excluding hydrogens is 392 g/mol. The highest BCUT2D eigenvalue weighted by molar-refractivity contribution is 7.98. The van der Waals surface area contributed by atoms with E-state index in [1.165, 1.54) is 19.3 Å². The van der Waals surface area contributed by atoms with E-state index in [4.69, 9.17) is 9.52 Å². The molecule has 0 saturated heterocycles. The van der Waals surface area contributed by atoms with E-state index in [9.17, 15) is 0 Å². The minimum absolute atomic E-state index is 0.432. The maximum Gasteiger partial charge on any atom is 0.276 e. The van der Waals surface area contributed by atoms with Gasteiger partial charge in [0.25, 0.3) is 5.22 Å². The second-order valence-electron chi connectivity index (χ2n) is 7.68. The Labute approximate surface area is 180 Å². The van der Waals surface area contributed by atoms with E-state index in [1.807, 2.05) is 41.1 Å². The number of para-hydroxylation sites is 1. The summed E-state index contributed by atoms with van der Waals surface area (Å²) in [6.07, 6.45) is 8.26. The molecule has 0 atom stereocenters. The first-order valence-electron chi connectivity index (χ1n) is 10.5. The fourth-order valence-electron chi connectivity index (χ4n) is 4.00. The number of rotatable bonds is 6. The van der Waals surface area contributed by atoms with Gasteiger partial charge in [-0.1, -0.05) is 79.6 Å². The average molecular weight is 417 g/mol. The van der Waals surface area contributed by atoms with Crippen LogP contribution < -0.4 is 0 Å². The van der Waals surface area contributed by atoms with Gasteiger partial charge in [0.05, 0.1) is 11.4 Å². The molecule has 1 aliphatic rings. The number of nitrogens with zero attached hydrogens (tertiary/aromatic N) is 4. The van der Waals surface area contributed by atoms with Crippen LogP contribution in [0.2, 0.25) is 0 Å². The zero-order valence-electron chi connectivity index (χ0n) is 16.8. The Balaban J connectivity index is 1.38. The zero-order valence-corrected chi connectivity index (χ0v) is 17.6. The third kappa shape index (κ3) is 4.19. The highest BCUT2D eigenvalue weighted by atomic mass is 32.2. The first kappa shape index (κ1) is 19.1. The zero-order chi connectivity index (χ0) is 20.2. The molecule has 5 nitrogen and oxygen atoms in total. The summed E-state index contributed by atoms with van der Waals surface area (Å²) >= 11 is 1.58. The monoisotopic (exact) mass is 416 g/mol. The summed E-state index contributed by atoms with van der Waals surface area (Å²) in [4.78, 5) is 0. The second-order valence-corrected chi connectivity index (χ2v) is 8.61. The van der Waals surface area contributed by atoms with Crippen LogP contribution in [-0.2, 0) is 5.75 Å². The predicted octanol–water partition coefficient (Wildman–Crippen LogP) is 6.26. The van der Waals surface area contributed by atoms with Crippen LogP contribution in [0.5, 0.6) is 0 Å². The van der Waals surface area contributed by atoms with Gasteiger partial charge in [-0.05, 0) is 25.0 Å². The van der Waals surface area contributed by atoms with Crippen molar-refractivity contribution >= 4 is 11.8 Å². The quantitative estimate of drug-likeness (QED) is 0.347. The Kier molecular flexibility index (Phi) is 5.66. The third-order valence-corrected chi connectivity index (χ3v) is 6.45. The molecule has 6 heteroatoms. The lowest BCUT2D eigenvalue weighted by atomic mass is 9.89. The molecule has 1 fully saturated rings. The molecule has 0 bridgehead atoms. The molecule has 2 aromatic heterocycles. The Morgan fingerprint density at radius 2 is 1.63 bits per heavy atom. The summed E-state index contributed by atoms with van der Waals surface area (Å²) in [5, 5.41) is 14.1. The summed E-state index contributed by atoms with van der Waals surface area (Å²) in [6.45, 7) is 0. The molecule has 2 aromatic carbocycles. The molecular formula is C24H24N4OS. The van der Waals surface area contributed by atoms with Gasteiger partial charge in [-0.2, -0.15) is 5.10 Å². The number of aromatic nitrogens is 4. The lowest BCUT2D eigenvalue weighted by Gasteiger charge is -2.17. The summed E-state index contributed by atoms with van der Waals surface area (Å²) in [7, 11) is 0. The smallest absolute Gasteiger partial charge is 0.276 e. The van der Waals surface area contributed by atoms with Crippen LogP contribution in [0.4, 0.5) is 0 Å². The van der Waals surface area contributed by atoms with E-state index in [0.29, 0.717) is 11.1 Å². The molecule has 152 valence electrons. The lowest BCUT2D eigenvalue weighted by molar-refractivity contribution is 0.334. The van der Waals surface area contributed by atoms with Crippen molar-refractivity contribution in [3.8, 4) is 16.9 Å². The Bertz CT molecular complexity index is 1080. The van der Waals surface area contributed by atoms with Crippen molar-refractivity contribution in [1.82, 2.24) is 20.0 Å². The number of hydrogen-bond donors (Lipinski definition) is 0. The van der Waals surface area contributed by atoms with E-state index >= 15 is 0 Å². The van der Waals surface area contributed by atoms with Gasteiger partial charge in [-0.3, -0.25) is 0 Å². The van der Waals surface area contributed by atoms with Crippen LogP contribution in [0.1, 0.15) is 49.5 Å². The highest BCUT2D eigenvalue weighted by Crippen LogP contribution is 2.34. The van der Waals surface area contributed by atoms with Crippen LogP contribution in [0, 0.1) is 0 Å². The molecule has 0 spiro atoms. The molecule has 0 unspecified atom stereocenters. The first-order chi connectivity index (χ1) is 14.9. The third-order valence-electron chi connectivity index (χ3n) is 5.59. The number of thioether (sulfide) groups is 1. The van der Waals surface area contributed by atoms with Gasteiger partial charge in [0.15, 0.2) is 0 Å². The average Bonchev–Trinajstić information content (AvgIpc) is 3.47. The lowest BCUT2D eigenvalue weighted by Crippen LogP contribution is -2.04. The minimum Gasteiger partial charge on any atom is -0.416 e. The van der Waals surface area contributed by atoms with Crippen molar-refractivity contribution in [1.29, 1.82) is 0 Å². The molecule has 0 radical (unpaired) electrons. The summed E-state index contributed by atoms with van der Waals surface area (Å²) in [5.41, 5.74) is 4.28. The molecule has 5 rings (SSSR count). The molecule has 1 saturated carbocycles. The largest absolute Gasteiger partial charge is 0.416 e. The molecule has 0 N–H and O–H groups in total. The van der Waals surface area contributed by atoms with Crippen LogP contribution in [0.3, 0.4) is 0 Å². The summed E-state index contributed by atoms with van der Waals surface area (Å²) < 4.78 is 7.94. The first-order valence-corrected chi connectivity index (χ1v) is 11.5. The van der Waals surface area contributed by atoms with Crippen molar-refractivity contribution < 1.29 is 4.42 Å².